The summed E-state index contributed by atoms with van der Waals surface area (Å²) in [5.74, 6) is -0.250. The van der Waals surface area contributed by atoms with Gasteiger partial charge in [-0.1, -0.05) is 18.2 Å². The Morgan fingerprint density at radius 3 is 2.79 bits per heavy atom. The standard InChI is InChI=1S/C19H18N2O3/c1-3-24-19(23)16-11-20-17-12(2)6-4-9-15(17)18(16)21-13-7-5-8-14(22)10-13/h4-11,22H,3H2,1-2H3,(H,20,21)/p+1. The summed E-state index contributed by atoms with van der Waals surface area (Å²) in [5, 5.41) is 13.8. The van der Waals surface area contributed by atoms with Crippen molar-refractivity contribution in [3.05, 3.63) is 59.8 Å². The number of para-hydroxylation sites is 1. The Balaban J connectivity index is 2.18. The van der Waals surface area contributed by atoms with E-state index in [4.69, 9.17) is 4.74 Å². The Hall–Kier alpha value is -3.08. The van der Waals surface area contributed by atoms with E-state index in [2.05, 4.69) is 10.3 Å². The average molecular weight is 323 g/mol. The summed E-state index contributed by atoms with van der Waals surface area (Å²) in [4.78, 5) is 15.5. The zero-order valence-electron chi connectivity index (χ0n) is 13.6. The molecule has 24 heavy (non-hydrogen) atoms. The fourth-order valence-electron chi connectivity index (χ4n) is 2.66. The normalized spacial score (nSPS) is 10.6. The monoisotopic (exact) mass is 323 g/mol. The number of ether oxygens (including phenoxy) is 1. The number of hydrogen-bond acceptors (Lipinski definition) is 4. The van der Waals surface area contributed by atoms with Crippen LogP contribution in [0.4, 0.5) is 11.4 Å². The van der Waals surface area contributed by atoms with Crippen LogP contribution in [0.15, 0.2) is 48.7 Å². The van der Waals surface area contributed by atoms with Crippen LogP contribution in [0, 0.1) is 6.92 Å². The molecule has 0 spiro atoms. The lowest BCUT2D eigenvalue weighted by atomic mass is 10.1. The van der Waals surface area contributed by atoms with E-state index < -0.39 is 5.97 Å². The van der Waals surface area contributed by atoms with Crippen LogP contribution < -0.4 is 10.3 Å². The van der Waals surface area contributed by atoms with Gasteiger partial charge in [-0.05, 0) is 32.0 Å². The maximum atomic E-state index is 12.3. The summed E-state index contributed by atoms with van der Waals surface area (Å²) in [6, 6.07) is 12.6. The number of fused-ring (bicyclic) bond motifs is 1. The lowest BCUT2D eigenvalue weighted by molar-refractivity contribution is -0.345. The largest absolute Gasteiger partial charge is 0.508 e. The van der Waals surface area contributed by atoms with Crippen LogP contribution in [0.2, 0.25) is 0 Å². The number of hydrogen-bond donors (Lipinski definition) is 2. The zero-order chi connectivity index (χ0) is 17.1. The number of carbonyl (C=O) groups is 1. The number of pyridine rings is 1. The van der Waals surface area contributed by atoms with Crippen LogP contribution in [-0.4, -0.2) is 17.7 Å². The van der Waals surface area contributed by atoms with Crippen LogP contribution in [-0.2, 0) is 4.74 Å². The number of aromatic amines is 1. The molecule has 0 fully saturated rings. The molecule has 0 aliphatic heterocycles. The van der Waals surface area contributed by atoms with Gasteiger partial charge in [0.15, 0.2) is 6.20 Å². The maximum absolute atomic E-state index is 12.3. The predicted molar refractivity (Wildman–Crippen MR) is 92.6 cm³/mol. The SMILES string of the molecule is CCOC(=O)c1c[nH+]c2c(C)cccc2c1Nc1cccc(O)c1. The molecule has 5 nitrogen and oxygen atoms in total. The molecule has 2 aromatic carbocycles. The zero-order valence-corrected chi connectivity index (χ0v) is 13.6. The number of anilines is 2. The third-order valence-electron chi connectivity index (χ3n) is 3.78. The first-order valence-electron chi connectivity index (χ1n) is 7.77. The second-order valence-electron chi connectivity index (χ2n) is 5.47. The molecule has 0 saturated heterocycles. The van der Waals surface area contributed by atoms with Gasteiger partial charge in [0.25, 0.3) is 0 Å². The van der Waals surface area contributed by atoms with Crippen molar-refractivity contribution in [1.29, 1.82) is 0 Å². The molecular formula is C19H19N2O3+. The highest BCUT2D eigenvalue weighted by Crippen LogP contribution is 2.30. The third kappa shape index (κ3) is 3.01. The number of H-pyrrole nitrogens is 1. The van der Waals surface area contributed by atoms with Crippen molar-refractivity contribution < 1.29 is 19.6 Å². The smallest absolute Gasteiger partial charge is 0.346 e. The fourth-order valence-corrected chi connectivity index (χ4v) is 2.66. The molecule has 0 atom stereocenters. The molecule has 1 aromatic heterocycles. The number of aromatic nitrogens is 1. The Bertz CT molecular complexity index is 906. The van der Waals surface area contributed by atoms with Gasteiger partial charge in [-0.25, -0.2) is 9.78 Å². The van der Waals surface area contributed by atoms with Crippen molar-refractivity contribution in [2.75, 3.05) is 11.9 Å². The van der Waals surface area contributed by atoms with Crippen LogP contribution in [0.25, 0.3) is 10.9 Å². The van der Waals surface area contributed by atoms with Crippen LogP contribution >= 0.6 is 0 Å². The quantitative estimate of drug-likeness (QED) is 0.720. The van der Waals surface area contributed by atoms with Gasteiger partial charge in [0.2, 0.25) is 5.52 Å². The van der Waals surface area contributed by atoms with Crippen molar-refractivity contribution in [1.82, 2.24) is 0 Å². The number of benzene rings is 2. The minimum absolute atomic E-state index is 0.153. The number of esters is 1. The van der Waals surface area contributed by atoms with Crippen molar-refractivity contribution in [3.8, 4) is 5.75 Å². The highest BCUT2D eigenvalue weighted by molar-refractivity contribution is 6.05. The number of nitrogens with one attached hydrogen (secondary N) is 2. The van der Waals surface area contributed by atoms with Crippen LogP contribution in [0.3, 0.4) is 0 Å². The van der Waals surface area contributed by atoms with E-state index >= 15 is 0 Å². The molecule has 0 unspecified atom stereocenters. The molecule has 5 heteroatoms. The van der Waals surface area contributed by atoms with Crippen molar-refractivity contribution in [3.63, 3.8) is 0 Å². The van der Waals surface area contributed by atoms with Crippen molar-refractivity contribution in [2.24, 2.45) is 0 Å². The van der Waals surface area contributed by atoms with Gasteiger partial charge in [-0.15, -0.1) is 0 Å². The molecule has 0 radical (unpaired) electrons. The second kappa shape index (κ2) is 6.58. The molecule has 1 heterocycles. The molecule has 0 aliphatic rings. The van der Waals surface area contributed by atoms with Gasteiger partial charge < -0.3 is 15.2 Å². The third-order valence-corrected chi connectivity index (χ3v) is 3.78. The van der Waals surface area contributed by atoms with E-state index in [0.29, 0.717) is 23.5 Å². The van der Waals surface area contributed by atoms with Gasteiger partial charge in [0.05, 0.1) is 17.7 Å². The molecule has 0 saturated carbocycles. The van der Waals surface area contributed by atoms with Gasteiger partial charge in [-0.2, -0.15) is 0 Å². The first-order valence-corrected chi connectivity index (χ1v) is 7.77. The van der Waals surface area contributed by atoms with Gasteiger partial charge in [0.1, 0.15) is 11.3 Å². The molecular weight excluding hydrogens is 304 g/mol. The van der Waals surface area contributed by atoms with Crippen molar-refractivity contribution >= 4 is 28.2 Å². The van der Waals surface area contributed by atoms with Gasteiger partial charge in [0, 0.05) is 17.3 Å². The summed E-state index contributed by atoms with van der Waals surface area (Å²) in [6.45, 7) is 4.08. The van der Waals surface area contributed by atoms with E-state index in [1.807, 2.05) is 31.2 Å². The Labute approximate surface area is 139 Å². The Morgan fingerprint density at radius 1 is 1.25 bits per heavy atom. The lowest BCUT2D eigenvalue weighted by Gasteiger charge is -2.12. The predicted octanol–water partition coefficient (Wildman–Crippen LogP) is 3.59. The molecule has 0 bridgehead atoms. The van der Waals surface area contributed by atoms with Crippen LogP contribution in [0.5, 0.6) is 5.75 Å². The fraction of sp³-hybridized carbons (Fsp3) is 0.158. The van der Waals surface area contributed by atoms with Crippen molar-refractivity contribution in [2.45, 2.75) is 13.8 Å². The topological polar surface area (TPSA) is 72.7 Å². The number of phenols is 1. The number of phenolic OH excluding ortho intramolecular Hbond substituents is 1. The lowest BCUT2D eigenvalue weighted by Crippen LogP contribution is -2.15. The summed E-state index contributed by atoms with van der Waals surface area (Å²) in [6.07, 6.45) is 1.65. The Kier molecular flexibility index (Phi) is 4.33. The maximum Gasteiger partial charge on any atom is 0.346 e. The number of rotatable bonds is 4. The van der Waals surface area contributed by atoms with E-state index in [0.717, 1.165) is 16.5 Å². The average Bonchev–Trinajstić information content (AvgIpc) is 2.56. The number of aryl methyl sites for hydroxylation is 1. The highest BCUT2D eigenvalue weighted by atomic mass is 16.5. The molecule has 3 aromatic rings. The molecule has 3 rings (SSSR count). The molecule has 3 N–H and O–H groups in total. The summed E-state index contributed by atoms with van der Waals surface area (Å²) in [7, 11) is 0. The van der Waals surface area contributed by atoms with Gasteiger partial charge >= 0.3 is 5.97 Å². The van der Waals surface area contributed by atoms with E-state index in [-0.39, 0.29) is 5.75 Å². The van der Waals surface area contributed by atoms with E-state index in [1.54, 1.807) is 31.3 Å². The molecule has 0 aliphatic carbocycles. The first-order chi connectivity index (χ1) is 11.6. The molecule has 122 valence electrons. The molecule has 0 amide bonds. The van der Waals surface area contributed by atoms with E-state index in [9.17, 15) is 9.90 Å². The first kappa shape index (κ1) is 15.8. The second-order valence-corrected chi connectivity index (χ2v) is 5.47. The summed E-state index contributed by atoms with van der Waals surface area (Å²) >= 11 is 0. The number of aromatic hydroxyl groups is 1. The Morgan fingerprint density at radius 2 is 2.04 bits per heavy atom. The van der Waals surface area contributed by atoms with E-state index in [1.165, 1.54) is 0 Å². The minimum atomic E-state index is -0.403. The summed E-state index contributed by atoms with van der Waals surface area (Å²) in [5.41, 5.74) is 3.76. The minimum Gasteiger partial charge on any atom is -0.508 e. The summed E-state index contributed by atoms with van der Waals surface area (Å²) < 4.78 is 5.16. The number of carbonyl (C=O) groups excluding carboxylic acids is 1. The van der Waals surface area contributed by atoms with Crippen LogP contribution in [0.1, 0.15) is 22.8 Å². The van der Waals surface area contributed by atoms with Gasteiger partial charge in [-0.3, -0.25) is 0 Å². The highest BCUT2D eigenvalue weighted by Gasteiger charge is 2.21.